The fourth-order valence-electron chi connectivity index (χ4n) is 4.39. The minimum atomic E-state index is -0.897. The number of rotatable bonds is 10. The topological polar surface area (TPSA) is 58.6 Å². The van der Waals surface area contributed by atoms with Crippen molar-refractivity contribution in [1.29, 1.82) is 0 Å². The fourth-order valence-corrected chi connectivity index (χ4v) is 5.52. The number of allylic oxidation sites excluding steroid dienone is 1. The SMILES string of the molecule is CC(C)(c1ccccc1)c1ccc(NC[C@H]2C(Cl)=CC[C@@H]2COCc2ccc(C(=O)O)s2)cc1. The second kappa shape index (κ2) is 10.8. The van der Waals surface area contributed by atoms with Gasteiger partial charge in [-0.25, -0.2) is 4.79 Å². The van der Waals surface area contributed by atoms with Gasteiger partial charge in [0.25, 0.3) is 0 Å². The van der Waals surface area contributed by atoms with Crippen LogP contribution < -0.4 is 5.32 Å². The first-order valence-electron chi connectivity index (χ1n) is 11.5. The van der Waals surface area contributed by atoms with Gasteiger partial charge in [-0.15, -0.1) is 11.3 Å². The van der Waals surface area contributed by atoms with Crippen LogP contribution in [0.4, 0.5) is 5.69 Å². The molecule has 0 aliphatic heterocycles. The van der Waals surface area contributed by atoms with Crippen molar-refractivity contribution in [3.05, 3.63) is 98.7 Å². The highest BCUT2D eigenvalue weighted by atomic mass is 35.5. The molecule has 6 heteroatoms. The highest BCUT2D eigenvalue weighted by Crippen LogP contribution is 2.36. The molecule has 1 heterocycles. The second-order valence-electron chi connectivity index (χ2n) is 9.23. The summed E-state index contributed by atoms with van der Waals surface area (Å²) >= 11 is 7.79. The van der Waals surface area contributed by atoms with Gasteiger partial charge in [0.2, 0.25) is 0 Å². The van der Waals surface area contributed by atoms with Gasteiger partial charge in [0.1, 0.15) is 4.88 Å². The largest absolute Gasteiger partial charge is 0.477 e. The number of aromatic carboxylic acids is 1. The Balaban J connectivity index is 1.30. The van der Waals surface area contributed by atoms with Gasteiger partial charge in [-0.3, -0.25) is 0 Å². The van der Waals surface area contributed by atoms with E-state index in [1.807, 2.05) is 12.1 Å². The van der Waals surface area contributed by atoms with Gasteiger partial charge in [-0.1, -0.05) is 74.0 Å². The normalized spacial score (nSPS) is 18.0. The zero-order valence-electron chi connectivity index (χ0n) is 19.5. The van der Waals surface area contributed by atoms with Crippen LogP contribution in [-0.4, -0.2) is 24.2 Å². The highest BCUT2D eigenvalue weighted by Gasteiger charge is 2.29. The molecule has 0 radical (unpaired) electrons. The molecular weight excluding hydrogens is 466 g/mol. The summed E-state index contributed by atoms with van der Waals surface area (Å²) in [4.78, 5) is 12.3. The molecule has 4 rings (SSSR count). The Hall–Kier alpha value is -2.60. The maximum atomic E-state index is 11.0. The minimum Gasteiger partial charge on any atom is -0.477 e. The lowest BCUT2D eigenvalue weighted by Crippen LogP contribution is -2.23. The first kappa shape index (κ1) is 24.5. The van der Waals surface area contributed by atoms with Gasteiger partial charge in [0, 0.05) is 33.5 Å². The lowest BCUT2D eigenvalue weighted by molar-refractivity contribution is 0.0702. The highest BCUT2D eigenvalue weighted by molar-refractivity contribution is 7.13. The number of anilines is 1. The van der Waals surface area contributed by atoms with Crippen LogP contribution >= 0.6 is 22.9 Å². The van der Waals surface area contributed by atoms with Gasteiger partial charge in [-0.05, 0) is 47.7 Å². The number of ether oxygens (including phenoxy) is 1. The molecule has 1 aromatic heterocycles. The molecule has 2 atom stereocenters. The summed E-state index contributed by atoms with van der Waals surface area (Å²) in [5, 5.41) is 13.5. The number of thiophene rings is 1. The van der Waals surface area contributed by atoms with Crippen LogP contribution in [0.2, 0.25) is 0 Å². The Morgan fingerprint density at radius 1 is 1.09 bits per heavy atom. The molecular formula is C28H30ClNO3S. The van der Waals surface area contributed by atoms with E-state index in [-0.39, 0.29) is 11.3 Å². The average Bonchev–Trinajstić information content (AvgIpc) is 3.45. The van der Waals surface area contributed by atoms with Gasteiger partial charge < -0.3 is 15.2 Å². The van der Waals surface area contributed by atoms with Crippen LogP contribution in [0.25, 0.3) is 0 Å². The van der Waals surface area contributed by atoms with Crippen molar-refractivity contribution in [3.8, 4) is 0 Å². The zero-order chi connectivity index (χ0) is 24.1. The van der Waals surface area contributed by atoms with Crippen LogP contribution in [0.5, 0.6) is 0 Å². The number of carboxylic acid groups (broad SMARTS) is 1. The maximum absolute atomic E-state index is 11.0. The van der Waals surface area contributed by atoms with E-state index in [0.29, 0.717) is 24.0 Å². The van der Waals surface area contributed by atoms with Crippen molar-refractivity contribution in [2.45, 2.75) is 32.3 Å². The predicted octanol–water partition coefficient (Wildman–Crippen LogP) is 7.16. The third-order valence-electron chi connectivity index (χ3n) is 6.62. The second-order valence-corrected chi connectivity index (χ2v) is 10.8. The van der Waals surface area contributed by atoms with Gasteiger partial charge in [0.15, 0.2) is 0 Å². The predicted molar refractivity (Wildman–Crippen MR) is 140 cm³/mol. The molecule has 0 spiro atoms. The zero-order valence-corrected chi connectivity index (χ0v) is 21.0. The summed E-state index contributed by atoms with van der Waals surface area (Å²) in [6.45, 7) is 6.25. The van der Waals surface area contributed by atoms with Crippen molar-refractivity contribution in [2.75, 3.05) is 18.5 Å². The summed E-state index contributed by atoms with van der Waals surface area (Å²) in [5.74, 6) is -0.402. The quantitative estimate of drug-likeness (QED) is 0.313. The Kier molecular flexibility index (Phi) is 7.77. The van der Waals surface area contributed by atoms with Crippen LogP contribution in [-0.2, 0) is 16.8 Å². The van der Waals surface area contributed by atoms with E-state index in [4.69, 9.17) is 21.4 Å². The van der Waals surface area contributed by atoms with Crippen molar-refractivity contribution >= 4 is 34.6 Å². The molecule has 2 N–H and O–H groups in total. The Morgan fingerprint density at radius 2 is 1.79 bits per heavy atom. The number of carbonyl (C=O) groups is 1. The molecule has 0 saturated carbocycles. The third-order valence-corrected chi connectivity index (χ3v) is 8.10. The van der Waals surface area contributed by atoms with E-state index in [2.05, 4.69) is 73.8 Å². The van der Waals surface area contributed by atoms with E-state index < -0.39 is 5.97 Å². The van der Waals surface area contributed by atoms with Crippen molar-refractivity contribution in [3.63, 3.8) is 0 Å². The Morgan fingerprint density at radius 3 is 2.47 bits per heavy atom. The Labute approximate surface area is 210 Å². The summed E-state index contributed by atoms with van der Waals surface area (Å²) in [6, 6.07) is 22.6. The Bertz CT molecular complexity index is 1140. The number of nitrogens with one attached hydrogen (secondary N) is 1. The maximum Gasteiger partial charge on any atom is 0.345 e. The molecule has 0 bridgehead atoms. The number of halogens is 1. The number of benzene rings is 2. The van der Waals surface area contributed by atoms with Gasteiger partial charge >= 0.3 is 5.97 Å². The van der Waals surface area contributed by atoms with Crippen molar-refractivity contribution < 1.29 is 14.6 Å². The third kappa shape index (κ3) is 5.72. The standard InChI is InChI=1S/C28H30ClNO3S/c1-28(2,20-6-4-3-5-7-20)21-9-11-22(12-10-21)30-16-24-19(8-14-25(24)29)17-33-18-23-13-15-26(34-23)27(31)32/h3-7,9-15,19,24,30H,8,16-18H2,1-2H3,(H,31,32)/t19-,24-/m1/s1. The lowest BCUT2D eigenvalue weighted by Gasteiger charge is -2.26. The monoisotopic (exact) mass is 495 g/mol. The molecule has 3 aromatic rings. The van der Waals surface area contributed by atoms with Crippen molar-refractivity contribution in [2.24, 2.45) is 11.8 Å². The van der Waals surface area contributed by atoms with E-state index in [9.17, 15) is 4.79 Å². The number of carboxylic acids is 1. The van der Waals surface area contributed by atoms with Crippen LogP contribution in [0.1, 0.15) is 45.9 Å². The smallest absolute Gasteiger partial charge is 0.345 e. The number of hydrogen-bond donors (Lipinski definition) is 2. The first-order valence-corrected chi connectivity index (χ1v) is 12.7. The van der Waals surface area contributed by atoms with Crippen LogP contribution in [0, 0.1) is 11.8 Å². The summed E-state index contributed by atoms with van der Waals surface area (Å²) in [7, 11) is 0. The minimum absolute atomic E-state index is 0.0620. The fraction of sp³-hybridized carbons (Fsp3) is 0.321. The lowest BCUT2D eigenvalue weighted by atomic mass is 9.78. The molecule has 0 unspecified atom stereocenters. The molecule has 4 nitrogen and oxygen atoms in total. The first-order chi connectivity index (χ1) is 16.3. The molecule has 178 valence electrons. The molecule has 1 aliphatic carbocycles. The van der Waals surface area contributed by atoms with Gasteiger partial charge in [-0.2, -0.15) is 0 Å². The molecule has 0 saturated heterocycles. The molecule has 2 aromatic carbocycles. The number of hydrogen-bond acceptors (Lipinski definition) is 4. The average molecular weight is 496 g/mol. The molecule has 0 fully saturated rings. The molecule has 0 amide bonds. The van der Waals surface area contributed by atoms with E-state index in [1.54, 1.807) is 6.07 Å². The summed E-state index contributed by atoms with van der Waals surface area (Å²) in [6.07, 6.45) is 2.97. The van der Waals surface area contributed by atoms with Crippen LogP contribution in [0.3, 0.4) is 0 Å². The van der Waals surface area contributed by atoms with E-state index in [1.165, 1.54) is 22.5 Å². The molecule has 1 aliphatic rings. The summed E-state index contributed by atoms with van der Waals surface area (Å²) in [5.41, 5.74) is 3.58. The molecule has 34 heavy (non-hydrogen) atoms. The van der Waals surface area contributed by atoms with Gasteiger partial charge in [0.05, 0.1) is 13.2 Å². The summed E-state index contributed by atoms with van der Waals surface area (Å²) < 4.78 is 5.92. The van der Waals surface area contributed by atoms with Crippen molar-refractivity contribution in [1.82, 2.24) is 0 Å². The van der Waals surface area contributed by atoms with E-state index in [0.717, 1.165) is 28.6 Å². The van der Waals surface area contributed by atoms with Crippen LogP contribution in [0.15, 0.2) is 77.8 Å². The van der Waals surface area contributed by atoms with E-state index >= 15 is 0 Å².